The van der Waals surface area contributed by atoms with E-state index in [0.29, 0.717) is 5.69 Å². The van der Waals surface area contributed by atoms with Gasteiger partial charge >= 0.3 is 5.97 Å². The number of fused-ring (bicyclic) bond motifs is 1. The summed E-state index contributed by atoms with van der Waals surface area (Å²) < 4.78 is 0. The number of para-hydroxylation sites is 1. The van der Waals surface area contributed by atoms with Gasteiger partial charge in [-0.2, -0.15) is 0 Å². The number of carbonyl (C=O) groups excluding carboxylic acids is 4. The molecular weight excluding hydrogens is 662 g/mol. The highest BCUT2D eigenvalue weighted by Gasteiger charge is 2.34. The zero-order chi connectivity index (χ0) is 37.7. The van der Waals surface area contributed by atoms with Crippen molar-refractivity contribution in [3.05, 3.63) is 54.2 Å². The van der Waals surface area contributed by atoms with E-state index < -0.39 is 65.9 Å². The average Bonchev–Trinajstić information content (AvgIpc) is 3.73. The molecule has 14 N–H and O–H groups in total. The van der Waals surface area contributed by atoms with Gasteiger partial charge in [-0.1, -0.05) is 32.0 Å². The van der Waals surface area contributed by atoms with Gasteiger partial charge in [0.05, 0.1) is 24.2 Å². The predicted molar refractivity (Wildman–Crippen MR) is 188 cm³/mol. The minimum atomic E-state index is -1.56. The summed E-state index contributed by atoms with van der Waals surface area (Å²) in [6, 6.07) is 1.20. The van der Waals surface area contributed by atoms with Crippen LogP contribution in [0.3, 0.4) is 0 Å². The zero-order valence-corrected chi connectivity index (χ0v) is 28.9. The van der Waals surface area contributed by atoms with Crippen LogP contribution in [0, 0.1) is 11.3 Å². The molecule has 18 nitrogen and oxygen atoms in total. The molecule has 3 aromatic rings. The number of H-pyrrole nitrogens is 2. The second kappa shape index (κ2) is 19.0. The quantitative estimate of drug-likeness (QED) is 0.0372. The lowest BCUT2D eigenvalue weighted by atomic mass is 10.0. The van der Waals surface area contributed by atoms with Gasteiger partial charge in [-0.25, -0.2) is 9.78 Å². The number of aromatic amines is 2. The number of carboxylic acid groups (broad SMARTS) is 1. The van der Waals surface area contributed by atoms with Gasteiger partial charge in [-0.3, -0.25) is 24.6 Å². The van der Waals surface area contributed by atoms with Gasteiger partial charge in [-0.15, -0.1) is 0 Å². The molecular formula is C33H49N11O7. The van der Waals surface area contributed by atoms with Crippen molar-refractivity contribution < 1.29 is 34.2 Å². The molecule has 51 heavy (non-hydrogen) atoms. The number of hydrogen-bond donors (Lipinski definition) is 12. The number of amides is 4. The van der Waals surface area contributed by atoms with Crippen LogP contribution in [0.1, 0.15) is 51.3 Å². The third-order valence-electron chi connectivity index (χ3n) is 8.05. The molecule has 4 amide bonds. The molecule has 0 spiro atoms. The summed E-state index contributed by atoms with van der Waals surface area (Å²) in [5, 5.41) is 41.2. The van der Waals surface area contributed by atoms with Crippen LogP contribution < -0.4 is 38.1 Å². The summed E-state index contributed by atoms with van der Waals surface area (Å²) in [4.78, 5) is 75.4. The smallest absolute Gasteiger partial charge is 0.326 e. The number of guanidine groups is 1. The molecule has 0 saturated carbocycles. The molecule has 1 aromatic carbocycles. The van der Waals surface area contributed by atoms with Crippen molar-refractivity contribution in [3.63, 3.8) is 0 Å². The highest BCUT2D eigenvalue weighted by molar-refractivity contribution is 5.96. The molecule has 0 unspecified atom stereocenters. The normalized spacial score (nSPS) is 14.8. The molecule has 18 heteroatoms. The minimum absolute atomic E-state index is 0.0204. The number of benzene rings is 1. The van der Waals surface area contributed by atoms with Crippen LogP contribution in [0.5, 0.6) is 0 Å². The van der Waals surface area contributed by atoms with Crippen molar-refractivity contribution in [2.45, 2.75) is 89.2 Å². The second-order valence-corrected chi connectivity index (χ2v) is 12.8. The number of carbonyl (C=O) groups is 5. The monoisotopic (exact) mass is 711 g/mol. The molecule has 0 radical (unpaired) electrons. The number of nitrogens with one attached hydrogen (secondary N) is 8. The van der Waals surface area contributed by atoms with Crippen molar-refractivity contribution in [1.29, 1.82) is 5.41 Å². The predicted octanol–water partition coefficient (Wildman–Crippen LogP) is -1.28. The Labute approximate surface area is 294 Å². The molecule has 0 aliphatic heterocycles. The van der Waals surface area contributed by atoms with Crippen molar-refractivity contribution >= 4 is 46.5 Å². The van der Waals surface area contributed by atoms with E-state index in [1.807, 2.05) is 38.1 Å². The molecule has 0 saturated heterocycles. The van der Waals surface area contributed by atoms with Crippen molar-refractivity contribution in [2.24, 2.45) is 17.4 Å². The van der Waals surface area contributed by atoms with Crippen LogP contribution >= 0.6 is 0 Å². The first kappa shape index (κ1) is 39.9. The van der Waals surface area contributed by atoms with E-state index in [4.69, 9.17) is 16.9 Å². The van der Waals surface area contributed by atoms with Crippen molar-refractivity contribution in [1.82, 2.24) is 41.5 Å². The summed E-state index contributed by atoms with van der Waals surface area (Å²) in [7, 11) is 0. The lowest BCUT2D eigenvalue weighted by Crippen LogP contribution is -2.61. The van der Waals surface area contributed by atoms with Gasteiger partial charge < -0.3 is 58.2 Å². The van der Waals surface area contributed by atoms with E-state index in [9.17, 15) is 34.2 Å². The summed E-state index contributed by atoms with van der Waals surface area (Å²) >= 11 is 0. The van der Waals surface area contributed by atoms with Gasteiger partial charge in [0, 0.05) is 36.3 Å². The van der Waals surface area contributed by atoms with Gasteiger partial charge in [-0.05, 0) is 50.2 Å². The third-order valence-corrected chi connectivity index (χ3v) is 8.05. The number of aliphatic carboxylic acids is 1. The van der Waals surface area contributed by atoms with E-state index in [-0.39, 0.29) is 50.5 Å². The molecule has 0 bridgehead atoms. The number of aliphatic hydroxyl groups is 1. The van der Waals surface area contributed by atoms with E-state index in [1.165, 1.54) is 19.4 Å². The lowest BCUT2D eigenvalue weighted by Gasteiger charge is -2.28. The SMILES string of the molecule is CC(C)C[C@H](NC(=O)[C@@H](N)Cc1c[nH]c2ccccc12)C(=O)N[C@H](C(=O)N[C@@H](CCCNC(=N)N)C(=O)N[C@@H](Cc1c[nH]cn1)C(=O)O)[C@@H](C)O. The first-order chi connectivity index (χ1) is 24.2. The summed E-state index contributed by atoms with van der Waals surface area (Å²) in [5.41, 5.74) is 13.7. The van der Waals surface area contributed by atoms with E-state index in [1.54, 1.807) is 6.20 Å². The Morgan fingerprint density at radius 2 is 1.57 bits per heavy atom. The van der Waals surface area contributed by atoms with Crippen LogP contribution in [0.15, 0.2) is 43.0 Å². The molecule has 0 fully saturated rings. The maximum absolute atomic E-state index is 13.6. The number of hydrogen-bond acceptors (Lipinski definition) is 9. The largest absolute Gasteiger partial charge is 0.480 e. The first-order valence-corrected chi connectivity index (χ1v) is 16.6. The fraction of sp³-hybridized carbons (Fsp3) is 0.485. The topological polar surface area (TPSA) is 306 Å². The van der Waals surface area contributed by atoms with Crippen molar-refractivity contribution in [2.75, 3.05) is 6.54 Å². The summed E-state index contributed by atoms with van der Waals surface area (Å²) in [5.74, 6) is -4.80. The highest BCUT2D eigenvalue weighted by Crippen LogP contribution is 2.19. The highest BCUT2D eigenvalue weighted by atomic mass is 16.4. The van der Waals surface area contributed by atoms with E-state index in [0.717, 1.165) is 16.5 Å². The summed E-state index contributed by atoms with van der Waals surface area (Å²) in [6.07, 6.45) is 3.62. The van der Waals surface area contributed by atoms with Gasteiger partial charge in [0.1, 0.15) is 24.2 Å². The van der Waals surface area contributed by atoms with Crippen LogP contribution in [-0.4, -0.2) is 104 Å². The lowest BCUT2D eigenvalue weighted by molar-refractivity contribution is -0.142. The van der Waals surface area contributed by atoms with Crippen LogP contribution in [0.2, 0.25) is 0 Å². The number of aliphatic hydroxyl groups excluding tert-OH is 1. The Morgan fingerprint density at radius 3 is 2.20 bits per heavy atom. The number of carboxylic acids is 1. The standard InChI is InChI=1S/C33H49N11O7/c1-17(2)11-25(42-28(46)22(34)12-19-14-39-23-8-5-4-7-21(19)23)30(48)44-27(18(3)45)31(49)41-24(9-6-10-38-33(35)36)29(47)43-26(32(50)51)13-20-15-37-16-40-20/h4-5,7-8,14-18,22,24-27,39,45H,6,9-13,34H2,1-3H3,(H,37,40)(H,41,49)(H,42,46)(H,43,47)(H,44,48)(H,50,51)(H4,35,36,38)/t18-,22+,24+,25+,26+,27+/m1/s1. The van der Waals surface area contributed by atoms with Gasteiger partial charge in [0.2, 0.25) is 23.6 Å². The number of rotatable bonds is 20. The van der Waals surface area contributed by atoms with Gasteiger partial charge in [0.25, 0.3) is 0 Å². The fourth-order valence-electron chi connectivity index (χ4n) is 5.41. The molecule has 2 aromatic heterocycles. The molecule has 278 valence electrons. The number of nitrogens with two attached hydrogens (primary N) is 2. The average molecular weight is 712 g/mol. The molecule has 0 aliphatic carbocycles. The Morgan fingerprint density at radius 1 is 0.902 bits per heavy atom. The Bertz CT molecular complexity index is 1640. The third kappa shape index (κ3) is 12.4. The van der Waals surface area contributed by atoms with Crippen LogP contribution in [-0.2, 0) is 36.8 Å². The van der Waals surface area contributed by atoms with Crippen LogP contribution in [0.25, 0.3) is 10.9 Å². The number of aromatic nitrogens is 3. The second-order valence-electron chi connectivity index (χ2n) is 12.8. The molecule has 6 atom stereocenters. The Hall–Kier alpha value is -5.49. The summed E-state index contributed by atoms with van der Waals surface area (Å²) in [6.45, 7) is 5.13. The molecule has 3 rings (SSSR count). The maximum Gasteiger partial charge on any atom is 0.326 e. The Kier molecular flexibility index (Phi) is 14.9. The minimum Gasteiger partial charge on any atom is -0.480 e. The zero-order valence-electron chi connectivity index (χ0n) is 28.9. The van der Waals surface area contributed by atoms with E-state index >= 15 is 0 Å². The van der Waals surface area contributed by atoms with Gasteiger partial charge in [0.15, 0.2) is 5.96 Å². The van der Waals surface area contributed by atoms with E-state index in [2.05, 4.69) is 41.5 Å². The molecule has 2 heterocycles. The maximum atomic E-state index is 13.6. The number of imidazole rings is 1. The molecule has 0 aliphatic rings. The fourth-order valence-corrected chi connectivity index (χ4v) is 5.41. The number of nitrogens with zero attached hydrogens (tertiary/aromatic N) is 1. The van der Waals surface area contributed by atoms with Crippen molar-refractivity contribution in [3.8, 4) is 0 Å². The van der Waals surface area contributed by atoms with Crippen LogP contribution in [0.4, 0.5) is 0 Å². The first-order valence-electron chi connectivity index (χ1n) is 16.6. The Balaban J connectivity index is 1.72.